The average molecular weight is 292 g/mol. The molecule has 0 saturated heterocycles. The second-order valence-corrected chi connectivity index (χ2v) is 5.14. The van der Waals surface area contributed by atoms with E-state index in [-0.39, 0.29) is 5.63 Å². The highest BCUT2D eigenvalue weighted by atomic mass is 16.5. The van der Waals surface area contributed by atoms with Gasteiger partial charge in [0.25, 0.3) is 0 Å². The summed E-state index contributed by atoms with van der Waals surface area (Å²) in [5, 5.41) is 0.919. The molecule has 0 saturated carbocycles. The highest BCUT2D eigenvalue weighted by molar-refractivity contribution is 5.81. The van der Waals surface area contributed by atoms with E-state index < -0.39 is 0 Å². The van der Waals surface area contributed by atoms with Gasteiger partial charge in [-0.3, -0.25) is 0 Å². The molecule has 3 nitrogen and oxygen atoms in total. The summed E-state index contributed by atoms with van der Waals surface area (Å²) in [5.74, 6) is 0.675. The quantitative estimate of drug-likeness (QED) is 0.672. The fourth-order valence-electron chi connectivity index (χ4n) is 2.31. The van der Waals surface area contributed by atoms with Crippen LogP contribution in [0, 0.1) is 6.92 Å². The van der Waals surface area contributed by atoms with Crippen LogP contribution in [0.2, 0.25) is 0 Å². The van der Waals surface area contributed by atoms with E-state index in [1.807, 2.05) is 43.3 Å². The second kappa shape index (κ2) is 5.90. The van der Waals surface area contributed by atoms with E-state index in [0.717, 1.165) is 22.1 Å². The van der Waals surface area contributed by atoms with Gasteiger partial charge in [-0.15, -0.1) is 0 Å². The van der Waals surface area contributed by atoms with Crippen LogP contribution in [0.5, 0.6) is 5.75 Å². The average Bonchev–Trinajstić information content (AvgIpc) is 2.53. The normalized spacial score (nSPS) is 10.6. The summed E-state index contributed by atoms with van der Waals surface area (Å²) < 4.78 is 11.0. The van der Waals surface area contributed by atoms with Gasteiger partial charge >= 0.3 is 5.63 Å². The minimum absolute atomic E-state index is 0.345. The van der Waals surface area contributed by atoms with Crippen LogP contribution in [0.1, 0.15) is 16.7 Å². The van der Waals surface area contributed by atoms with Crippen molar-refractivity contribution >= 4 is 17.0 Å². The predicted octanol–water partition coefficient (Wildman–Crippen LogP) is 4.32. The Morgan fingerprint density at radius 3 is 2.64 bits per heavy atom. The SMILES string of the molecule is C=Cc1ccc(COc2ccc3c(C)cc(=O)oc3c2)cc1. The third-order valence-corrected chi connectivity index (χ3v) is 3.54. The lowest BCUT2D eigenvalue weighted by atomic mass is 10.1. The van der Waals surface area contributed by atoms with Gasteiger partial charge in [0, 0.05) is 17.5 Å². The molecule has 3 heteroatoms. The van der Waals surface area contributed by atoms with Crippen LogP contribution < -0.4 is 10.4 Å². The molecule has 0 aliphatic heterocycles. The molecule has 0 N–H and O–H groups in total. The summed E-state index contributed by atoms with van der Waals surface area (Å²) in [5.41, 5.74) is 3.24. The van der Waals surface area contributed by atoms with Crippen molar-refractivity contribution in [3.63, 3.8) is 0 Å². The number of hydrogen-bond donors (Lipinski definition) is 0. The Morgan fingerprint density at radius 2 is 1.91 bits per heavy atom. The van der Waals surface area contributed by atoms with Crippen LogP contribution in [0.15, 0.2) is 64.3 Å². The zero-order valence-corrected chi connectivity index (χ0v) is 12.3. The number of benzene rings is 2. The summed E-state index contributed by atoms with van der Waals surface area (Å²) in [4.78, 5) is 11.4. The Balaban J connectivity index is 1.81. The Labute approximate surface area is 128 Å². The summed E-state index contributed by atoms with van der Waals surface area (Å²) >= 11 is 0. The Bertz CT molecular complexity index is 873. The first-order valence-electron chi connectivity index (χ1n) is 7.04. The first-order chi connectivity index (χ1) is 10.7. The molecule has 2 aromatic carbocycles. The fourth-order valence-corrected chi connectivity index (χ4v) is 2.31. The van der Waals surface area contributed by atoms with Gasteiger partial charge in [0.15, 0.2) is 0 Å². The van der Waals surface area contributed by atoms with Crippen LogP contribution in [-0.4, -0.2) is 0 Å². The minimum Gasteiger partial charge on any atom is -0.489 e. The molecule has 1 heterocycles. The van der Waals surface area contributed by atoms with Crippen LogP contribution in [0.3, 0.4) is 0 Å². The molecule has 22 heavy (non-hydrogen) atoms. The molecule has 0 amide bonds. The maximum atomic E-state index is 11.4. The monoisotopic (exact) mass is 292 g/mol. The number of hydrogen-bond acceptors (Lipinski definition) is 3. The van der Waals surface area contributed by atoms with Gasteiger partial charge in [0.05, 0.1) is 0 Å². The molecular weight excluding hydrogens is 276 g/mol. The predicted molar refractivity (Wildman–Crippen MR) is 88.1 cm³/mol. The molecule has 0 fully saturated rings. The highest BCUT2D eigenvalue weighted by Crippen LogP contribution is 2.23. The first-order valence-corrected chi connectivity index (χ1v) is 7.04. The van der Waals surface area contributed by atoms with Gasteiger partial charge in [-0.25, -0.2) is 4.79 Å². The minimum atomic E-state index is -0.345. The summed E-state index contributed by atoms with van der Waals surface area (Å²) in [6, 6.07) is 15.0. The molecule has 0 bridgehead atoms. The lowest BCUT2D eigenvalue weighted by Gasteiger charge is -2.08. The van der Waals surface area contributed by atoms with Gasteiger partial charge in [0.1, 0.15) is 17.9 Å². The number of ether oxygens (including phenoxy) is 1. The van der Waals surface area contributed by atoms with Gasteiger partial charge in [0.2, 0.25) is 0 Å². The van der Waals surface area contributed by atoms with E-state index in [1.54, 1.807) is 12.1 Å². The van der Waals surface area contributed by atoms with Crippen LogP contribution in [0.4, 0.5) is 0 Å². The van der Waals surface area contributed by atoms with Gasteiger partial charge in [-0.05, 0) is 35.7 Å². The van der Waals surface area contributed by atoms with Crippen LogP contribution >= 0.6 is 0 Å². The molecule has 0 atom stereocenters. The van der Waals surface area contributed by atoms with E-state index in [0.29, 0.717) is 17.9 Å². The van der Waals surface area contributed by atoms with Crippen molar-refractivity contribution in [2.75, 3.05) is 0 Å². The van der Waals surface area contributed by atoms with E-state index in [4.69, 9.17) is 9.15 Å². The van der Waals surface area contributed by atoms with Gasteiger partial charge in [-0.2, -0.15) is 0 Å². The van der Waals surface area contributed by atoms with Crippen molar-refractivity contribution < 1.29 is 9.15 Å². The largest absolute Gasteiger partial charge is 0.489 e. The van der Waals surface area contributed by atoms with E-state index in [2.05, 4.69) is 6.58 Å². The second-order valence-electron chi connectivity index (χ2n) is 5.14. The van der Waals surface area contributed by atoms with Gasteiger partial charge in [-0.1, -0.05) is 36.9 Å². The van der Waals surface area contributed by atoms with E-state index in [1.165, 1.54) is 6.07 Å². The molecule has 0 aliphatic carbocycles. The molecule has 0 spiro atoms. The highest BCUT2D eigenvalue weighted by Gasteiger charge is 2.04. The molecule has 110 valence electrons. The standard InChI is InChI=1S/C19H16O3/c1-3-14-4-6-15(7-5-14)12-21-16-8-9-17-13(2)10-19(20)22-18(17)11-16/h3-11H,1,12H2,2H3. The Hall–Kier alpha value is -2.81. The van der Waals surface area contributed by atoms with Crippen molar-refractivity contribution in [1.82, 2.24) is 0 Å². The zero-order valence-electron chi connectivity index (χ0n) is 12.3. The zero-order chi connectivity index (χ0) is 15.5. The smallest absolute Gasteiger partial charge is 0.336 e. The molecule has 0 aliphatic rings. The first kappa shape index (κ1) is 14.1. The molecule has 3 rings (SSSR count). The third-order valence-electron chi connectivity index (χ3n) is 3.54. The third kappa shape index (κ3) is 2.93. The summed E-state index contributed by atoms with van der Waals surface area (Å²) in [6.07, 6.45) is 1.80. The summed E-state index contributed by atoms with van der Waals surface area (Å²) in [6.45, 7) is 6.08. The Kier molecular flexibility index (Phi) is 3.79. The van der Waals surface area contributed by atoms with Crippen LogP contribution in [-0.2, 0) is 6.61 Å². The molecule has 0 unspecified atom stereocenters. The lowest BCUT2D eigenvalue weighted by molar-refractivity contribution is 0.306. The maximum absolute atomic E-state index is 11.4. The fraction of sp³-hybridized carbons (Fsp3) is 0.105. The number of aryl methyl sites for hydroxylation is 1. The van der Waals surface area contributed by atoms with Crippen molar-refractivity contribution in [1.29, 1.82) is 0 Å². The topological polar surface area (TPSA) is 39.4 Å². The summed E-state index contributed by atoms with van der Waals surface area (Å²) in [7, 11) is 0. The lowest BCUT2D eigenvalue weighted by Crippen LogP contribution is -1.99. The number of fused-ring (bicyclic) bond motifs is 1. The van der Waals surface area contributed by atoms with Crippen molar-refractivity contribution in [2.24, 2.45) is 0 Å². The molecule has 3 aromatic rings. The van der Waals surface area contributed by atoms with Crippen molar-refractivity contribution in [2.45, 2.75) is 13.5 Å². The van der Waals surface area contributed by atoms with Crippen LogP contribution in [0.25, 0.3) is 17.0 Å². The Morgan fingerprint density at radius 1 is 1.14 bits per heavy atom. The van der Waals surface area contributed by atoms with E-state index in [9.17, 15) is 4.79 Å². The number of rotatable bonds is 4. The van der Waals surface area contributed by atoms with E-state index >= 15 is 0 Å². The van der Waals surface area contributed by atoms with Crippen molar-refractivity contribution in [3.8, 4) is 5.75 Å². The molecule has 1 aromatic heterocycles. The molecular formula is C19H16O3. The molecule has 0 radical (unpaired) electrons. The van der Waals surface area contributed by atoms with Gasteiger partial charge < -0.3 is 9.15 Å². The van der Waals surface area contributed by atoms with Crippen molar-refractivity contribution in [3.05, 3.63) is 82.2 Å². The maximum Gasteiger partial charge on any atom is 0.336 e.